The normalized spacial score (nSPS) is 10.3. The van der Waals surface area contributed by atoms with Gasteiger partial charge >= 0.3 is 0 Å². The molecule has 0 spiro atoms. The fourth-order valence-corrected chi connectivity index (χ4v) is 1.73. The third-order valence-electron chi connectivity index (χ3n) is 2.36. The molecule has 0 unspecified atom stereocenters. The van der Waals surface area contributed by atoms with E-state index in [1.807, 2.05) is 6.07 Å². The van der Waals surface area contributed by atoms with Crippen LogP contribution in [0.1, 0.15) is 24.5 Å². The van der Waals surface area contributed by atoms with E-state index >= 15 is 0 Å². The Labute approximate surface area is 89.2 Å². The minimum atomic E-state index is -0.329. The van der Waals surface area contributed by atoms with Crippen LogP contribution in [0, 0.1) is 10.1 Å². The molecule has 1 rings (SSSR count). The molecule has 2 N–H and O–H groups in total. The predicted molar refractivity (Wildman–Crippen MR) is 59.8 cm³/mol. The van der Waals surface area contributed by atoms with Gasteiger partial charge in [-0.3, -0.25) is 10.1 Å². The van der Waals surface area contributed by atoms with Crippen molar-refractivity contribution in [1.82, 2.24) is 0 Å². The van der Waals surface area contributed by atoms with Gasteiger partial charge in [-0.2, -0.15) is 0 Å². The van der Waals surface area contributed by atoms with Crippen LogP contribution in [0.5, 0.6) is 0 Å². The smallest absolute Gasteiger partial charge is 0.272 e. The SMILES string of the molecule is CCCc1cccc([N+](=O)[O-])c1CCN. The molecule has 0 aliphatic rings. The molecule has 0 aromatic heterocycles. The molecule has 4 heteroatoms. The summed E-state index contributed by atoms with van der Waals surface area (Å²) in [4.78, 5) is 10.5. The molecule has 0 amide bonds. The Hall–Kier alpha value is -1.42. The third-order valence-corrected chi connectivity index (χ3v) is 2.36. The maximum atomic E-state index is 10.8. The number of nitro groups is 1. The van der Waals surface area contributed by atoms with Gasteiger partial charge in [0.1, 0.15) is 0 Å². The topological polar surface area (TPSA) is 69.2 Å². The summed E-state index contributed by atoms with van der Waals surface area (Å²) in [6, 6.07) is 5.23. The lowest BCUT2D eigenvalue weighted by Crippen LogP contribution is -2.08. The van der Waals surface area contributed by atoms with Crippen LogP contribution in [0.2, 0.25) is 0 Å². The van der Waals surface area contributed by atoms with Crippen LogP contribution in [0.25, 0.3) is 0 Å². The van der Waals surface area contributed by atoms with Gasteiger partial charge in [-0.05, 0) is 24.9 Å². The van der Waals surface area contributed by atoms with Gasteiger partial charge in [0.25, 0.3) is 5.69 Å². The van der Waals surface area contributed by atoms with E-state index in [9.17, 15) is 10.1 Å². The predicted octanol–water partition coefficient (Wildman–Crippen LogP) is 2.05. The minimum Gasteiger partial charge on any atom is -0.330 e. The highest BCUT2D eigenvalue weighted by Crippen LogP contribution is 2.23. The fourth-order valence-electron chi connectivity index (χ4n) is 1.73. The highest BCUT2D eigenvalue weighted by Gasteiger charge is 2.15. The molecule has 0 radical (unpaired) electrons. The molecule has 0 heterocycles. The average Bonchev–Trinajstić information content (AvgIpc) is 2.21. The first-order valence-corrected chi connectivity index (χ1v) is 5.16. The zero-order valence-corrected chi connectivity index (χ0v) is 8.90. The fraction of sp³-hybridized carbons (Fsp3) is 0.455. The monoisotopic (exact) mass is 208 g/mol. The number of aryl methyl sites for hydroxylation is 1. The summed E-state index contributed by atoms with van der Waals surface area (Å²) in [5.41, 5.74) is 7.52. The Morgan fingerprint density at radius 3 is 2.67 bits per heavy atom. The summed E-state index contributed by atoms with van der Waals surface area (Å²) in [6.07, 6.45) is 2.43. The summed E-state index contributed by atoms with van der Waals surface area (Å²) in [6.45, 7) is 2.51. The lowest BCUT2D eigenvalue weighted by atomic mass is 9.99. The van der Waals surface area contributed by atoms with Gasteiger partial charge in [0.05, 0.1) is 4.92 Å². The summed E-state index contributed by atoms with van der Waals surface area (Å²) >= 11 is 0. The van der Waals surface area contributed by atoms with E-state index in [1.54, 1.807) is 12.1 Å². The lowest BCUT2D eigenvalue weighted by molar-refractivity contribution is -0.385. The van der Waals surface area contributed by atoms with Crippen molar-refractivity contribution in [3.8, 4) is 0 Å². The number of benzene rings is 1. The average molecular weight is 208 g/mol. The Balaban J connectivity index is 3.15. The lowest BCUT2D eigenvalue weighted by Gasteiger charge is -2.07. The molecule has 15 heavy (non-hydrogen) atoms. The quantitative estimate of drug-likeness (QED) is 0.594. The molecule has 0 fully saturated rings. The zero-order chi connectivity index (χ0) is 11.3. The second-order valence-electron chi connectivity index (χ2n) is 3.46. The van der Waals surface area contributed by atoms with E-state index < -0.39 is 0 Å². The van der Waals surface area contributed by atoms with Gasteiger partial charge in [-0.25, -0.2) is 0 Å². The maximum Gasteiger partial charge on any atom is 0.272 e. The van der Waals surface area contributed by atoms with E-state index in [0.29, 0.717) is 13.0 Å². The van der Waals surface area contributed by atoms with Crippen LogP contribution in [0.3, 0.4) is 0 Å². The van der Waals surface area contributed by atoms with Crippen molar-refractivity contribution in [2.24, 2.45) is 5.73 Å². The highest BCUT2D eigenvalue weighted by atomic mass is 16.6. The standard InChI is InChI=1S/C11H16N2O2/c1-2-4-9-5-3-6-11(13(14)15)10(9)7-8-12/h3,5-6H,2,4,7-8,12H2,1H3. The molecule has 0 aliphatic heterocycles. The molecule has 1 aromatic rings. The number of hydrogen-bond acceptors (Lipinski definition) is 3. The number of nitrogens with two attached hydrogens (primary N) is 1. The van der Waals surface area contributed by atoms with Crippen LogP contribution >= 0.6 is 0 Å². The summed E-state index contributed by atoms with van der Waals surface area (Å²) in [7, 11) is 0. The van der Waals surface area contributed by atoms with Gasteiger partial charge in [0.15, 0.2) is 0 Å². The summed E-state index contributed by atoms with van der Waals surface area (Å²) in [5.74, 6) is 0. The Morgan fingerprint density at radius 1 is 1.40 bits per heavy atom. The van der Waals surface area contributed by atoms with E-state index in [2.05, 4.69) is 6.92 Å². The molecule has 0 atom stereocenters. The van der Waals surface area contributed by atoms with Gasteiger partial charge < -0.3 is 5.73 Å². The molecule has 0 saturated carbocycles. The number of hydrogen-bond donors (Lipinski definition) is 1. The van der Waals surface area contributed by atoms with E-state index in [4.69, 9.17) is 5.73 Å². The Bertz CT molecular complexity index is 350. The molecule has 0 aliphatic carbocycles. The van der Waals surface area contributed by atoms with Crippen LogP contribution < -0.4 is 5.73 Å². The summed E-state index contributed by atoms with van der Waals surface area (Å²) < 4.78 is 0. The molecular weight excluding hydrogens is 192 g/mol. The second-order valence-corrected chi connectivity index (χ2v) is 3.46. The van der Waals surface area contributed by atoms with E-state index in [1.165, 1.54) is 0 Å². The molecule has 82 valence electrons. The van der Waals surface area contributed by atoms with E-state index in [0.717, 1.165) is 24.0 Å². The van der Waals surface area contributed by atoms with Crippen molar-refractivity contribution in [3.63, 3.8) is 0 Å². The highest BCUT2D eigenvalue weighted by molar-refractivity contribution is 5.45. The van der Waals surface area contributed by atoms with E-state index in [-0.39, 0.29) is 10.6 Å². The molecule has 0 bridgehead atoms. The van der Waals surface area contributed by atoms with Crippen molar-refractivity contribution in [2.45, 2.75) is 26.2 Å². The third kappa shape index (κ3) is 2.76. The number of rotatable bonds is 5. The van der Waals surface area contributed by atoms with Crippen molar-refractivity contribution in [3.05, 3.63) is 39.4 Å². The van der Waals surface area contributed by atoms with Gasteiger partial charge in [-0.15, -0.1) is 0 Å². The molecular formula is C11H16N2O2. The Kier molecular flexibility index (Phi) is 4.24. The van der Waals surface area contributed by atoms with Crippen molar-refractivity contribution in [1.29, 1.82) is 0 Å². The van der Waals surface area contributed by atoms with Crippen molar-refractivity contribution < 1.29 is 4.92 Å². The first-order chi connectivity index (χ1) is 7.20. The number of nitro benzene ring substituents is 1. The summed E-state index contributed by atoms with van der Waals surface area (Å²) in [5, 5.41) is 10.8. The molecule has 4 nitrogen and oxygen atoms in total. The van der Waals surface area contributed by atoms with Gasteiger partial charge in [0, 0.05) is 11.6 Å². The maximum absolute atomic E-state index is 10.8. The van der Waals surface area contributed by atoms with Crippen LogP contribution in [-0.4, -0.2) is 11.5 Å². The van der Waals surface area contributed by atoms with Gasteiger partial charge in [0.2, 0.25) is 0 Å². The minimum absolute atomic E-state index is 0.200. The van der Waals surface area contributed by atoms with Crippen molar-refractivity contribution in [2.75, 3.05) is 6.54 Å². The molecule has 1 aromatic carbocycles. The van der Waals surface area contributed by atoms with Crippen LogP contribution in [0.4, 0.5) is 5.69 Å². The Morgan fingerprint density at radius 2 is 2.13 bits per heavy atom. The second kappa shape index (κ2) is 5.46. The first kappa shape index (κ1) is 11.7. The van der Waals surface area contributed by atoms with Crippen molar-refractivity contribution >= 4 is 5.69 Å². The number of nitrogens with zero attached hydrogens (tertiary/aromatic N) is 1. The molecule has 0 saturated heterocycles. The largest absolute Gasteiger partial charge is 0.330 e. The van der Waals surface area contributed by atoms with Crippen LogP contribution in [-0.2, 0) is 12.8 Å². The van der Waals surface area contributed by atoms with Crippen LogP contribution in [0.15, 0.2) is 18.2 Å². The first-order valence-electron chi connectivity index (χ1n) is 5.16. The van der Waals surface area contributed by atoms with Gasteiger partial charge in [-0.1, -0.05) is 25.5 Å². The zero-order valence-electron chi connectivity index (χ0n) is 8.90.